The minimum absolute atomic E-state index is 0.00290. The van der Waals surface area contributed by atoms with Gasteiger partial charge in [-0.1, -0.05) is 12.1 Å². The molecule has 0 spiro atoms. The predicted molar refractivity (Wildman–Crippen MR) is 113 cm³/mol. The average molecular weight is 470 g/mol. The van der Waals surface area contributed by atoms with Gasteiger partial charge in [0.2, 0.25) is 11.8 Å². The van der Waals surface area contributed by atoms with Crippen LogP contribution in [0, 0.1) is 5.41 Å². The lowest BCUT2D eigenvalue weighted by atomic mass is 9.88. The molecule has 1 saturated heterocycles. The van der Waals surface area contributed by atoms with E-state index in [1.165, 1.54) is 13.8 Å². The molecule has 0 radical (unpaired) electrons. The van der Waals surface area contributed by atoms with E-state index in [9.17, 15) is 27.6 Å². The van der Waals surface area contributed by atoms with Crippen molar-refractivity contribution in [3.8, 4) is 0 Å². The van der Waals surface area contributed by atoms with Crippen LogP contribution in [-0.4, -0.2) is 65.8 Å². The maximum absolute atomic E-state index is 13.2. The van der Waals surface area contributed by atoms with Crippen LogP contribution in [0.5, 0.6) is 0 Å². The molecule has 2 fully saturated rings. The summed E-state index contributed by atoms with van der Waals surface area (Å²) in [7, 11) is 0. The molecule has 182 valence electrons. The molecule has 1 aromatic rings. The van der Waals surface area contributed by atoms with Crippen LogP contribution in [0.1, 0.15) is 61.4 Å². The fraction of sp³-hybridized carbons (Fsp3) is 0.609. The summed E-state index contributed by atoms with van der Waals surface area (Å²) in [6.45, 7) is 3.05. The highest BCUT2D eigenvalue weighted by Gasteiger charge is 2.63. The number of benzene rings is 1. The van der Waals surface area contributed by atoms with E-state index in [-0.39, 0.29) is 30.2 Å². The monoisotopic (exact) mass is 470 g/mol. The number of nitrogens with zero attached hydrogens (tertiary/aromatic N) is 1. The summed E-state index contributed by atoms with van der Waals surface area (Å²) in [6.07, 6.45) is -3.96. The van der Waals surface area contributed by atoms with Gasteiger partial charge in [-0.3, -0.25) is 9.59 Å². The van der Waals surface area contributed by atoms with Crippen LogP contribution in [0.2, 0.25) is 0 Å². The van der Waals surface area contributed by atoms with Crippen LogP contribution in [-0.2, 0) is 14.3 Å². The first kappa shape index (κ1) is 25.0. The SMILES string of the molecule is CC(=O)N[C@H](C(=O)N1CCC(c2ccc(C(=O)O)cc2)CC1)[C@@H](C)OCC1(C(F)(F)F)CC1. The first-order valence-electron chi connectivity index (χ1n) is 11.0. The topological polar surface area (TPSA) is 95.9 Å². The first-order valence-corrected chi connectivity index (χ1v) is 11.0. The zero-order chi connectivity index (χ0) is 24.4. The van der Waals surface area contributed by atoms with Gasteiger partial charge in [-0.15, -0.1) is 0 Å². The molecular formula is C23H29F3N2O5. The van der Waals surface area contributed by atoms with Crippen LogP contribution in [0.25, 0.3) is 0 Å². The molecule has 1 heterocycles. The average Bonchev–Trinajstić information content (AvgIpc) is 3.57. The van der Waals surface area contributed by atoms with Crippen molar-refractivity contribution < 1.29 is 37.4 Å². The summed E-state index contributed by atoms with van der Waals surface area (Å²) in [5, 5.41) is 11.6. The molecule has 2 N–H and O–H groups in total. The number of piperidine rings is 1. The van der Waals surface area contributed by atoms with E-state index in [0.717, 1.165) is 5.56 Å². The number of likely N-dealkylation sites (tertiary alicyclic amines) is 1. The van der Waals surface area contributed by atoms with Crippen LogP contribution in [0.4, 0.5) is 13.2 Å². The molecular weight excluding hydrogens is 441 g/mol. The summed E-state index contributed by atoms with van der Waals surface area (Å²) in [5.41, 5.74) is -0.652. The standard InChI is InChI=1S/C23H29F3N2O5/c1-14(33-13-22(9-10-22)23(24,25)26)19(27-15(2)29)20(30)28-11-7-17(8-12-28)16-3-5-18(6-4-16)21(31)32/h3-6,14,17,19H,7-13H2,1-2H3,(H,27,29)(H,31,32)/t14-,19+/m1/s1. The van der Waals surface area contributed by atoms with Gasteiger partial charge < -0.3 is 20.1 Å². The Morgan fingerprint density at radius 3 is 2.21 bits per heavy atom. The highest BCUT2D eigenvalue weighted by atomic mass is 19.4. The quantitative estimate of drug-likeness (QED) is 0.608. The van der Waals surface area contributed by atoms with E-state index in [2.05, 4.69) is 5.32 Å². The number of carbonyl (C=O) groups is 3. The van der Waals surface area contributed by atoms with E-state index < -0.39 is 42.2 Å². The number of carbonyl (C=O) groups excluding carboxylic acids is 2. The van der Waals surface area contributed by atoms with Gasteiger partial charge >= 0.3 is 12.1 Å². The normalized spacial score (nSPS) is 20.1. The summed E-state index contributed by atoms with van der Waals surface area (Å²) in [6, 6.07) is 5.58. The second kappa shape index (κ2) is 9.70. The lowest BCUT2D eigenvalue weighted by molar-refractivity contribution is -0.206. The maximum atomic E-state index is 13.2. The second-order valence-corrected chi connectivity index (χ2v) is 9.00. The Hall–Kier alpha value is -2.62. The molecule has 33 heavy (non-hydrogen) atoms. The van der Waals surface area contributed by atoms with E-state index >= 15 is 0 Å². The van der Waals surface area contributed by atoms with Crippen molar-refractivity contribution in [1.29, 1.82) is 0 Å². The number of nitrogens with one attached hydrogen (secondary N) is 1. The Morgan fingerprint density at radius 2 is 1.76 bits per heavy atom. The Labute approximate surface area is 190 Å². The summed E-state index contributed by atoms with van der Waals surface area (Å²) >= 11 is 0. The number of hydrogen-bond donors (Lipinski definition) is 2. The number of carboxylic acid groups (broad SMARTS) is 1. The van der Waals surface area contributed by atoms with Crippen molar-refractivity contribution in [2.45, 2.75) is 63.8 Å². The van der Waals surface area contributed by atoms with E-state index in [1.807, 2.05) is 0 Å². The van der Waals surface area contributed by atoms with E-state index in [1.54, 1.807) is 29.2 Å². The lowest BCUT2D eigenvalue weighted by Gasteiger charge is -2.36. The Balaban J connectivity index is 1.59. The number of ether oxygens (including phenoxy) is 1. The highest BCUT2D eigenvalue weighted by Crippen LogP contribution is 2.57. The van der Waals surface area contributed by atoms with Gasteiger partial charge in [0.1, 0.15) is 6.04 Å². The van der Waals surface area contributed by atoms with Crippen molar-refractivity contribution >= 4 is 17.8 Å². The molecule has 1 aliphatic carbocycles. The minimum atomic E-state index is -4.36. The van der Waals surface area contributed by atoms with Crippen LogP contribution < -0.4 is 5.32 Å². The van der Waals surface area contributed by atoms with Crippen LogP contribution in [0.3, 0.4) is 0 Å². The summed E-state index contributed by atoms with van der Waals surface area (Å²) < 4.78 is 45.0. The molecule has 2 amide bonds. The predicted octanol–water partition coefficient (Wildman–Crippen LogP) is 3.34. The Kier molecular flexibility index (Phi) is 7.36. The largest absolute Gasteiger partial charge is 0.478 e. The highest BCUT2D eigenvalue weighted by molar-refractivity contribution is 5.88. The maximum Gasteiger partial charge on any atom is 0.396 e. The Morgan fingerprint density at radius 1 is 1.18 bits per heavy atom. The van der Waals surface area contributed by atoms with Gasteiger partial charge in [-0.25, -0.2) is 4.79 Å². The van der Waals surface area contributed by atoms with Gasteiger partial charge in [-0.05, 0) is 56.2 Å². The molecule has 1 aromatic carbocycles. The van der Waals surface area contributed by atoms with E-state index in [0.29, 0.717) is 25.9 Å². The molecule has 0 aromatic heterocycles. The molecule has 0 unspecified atom stereocenters. The van der Waals surface area contributed by atoms with Gasteiger partial charge in [0, 0.05) is 20.0 Å². The lowest BCUT2D eigenvalue weighted by Crippen LogP contribution is -2.55. The number of alkyl halides is 3. The Bertz CT molecular complexity index is 875. The smallest absolute Gasteiger partial charge is 0.396 e. The fourth-order valence-electron chi connectivity index (χ4n) is 4.17. The molecule has 7 nitrogen and oxygen atoms in total. The number of carboxylic acids is 1. The third-order valence-electron chi connectivity index (χ3n) is 6.61. The second-order valence-electron chi connectivity index (χ2n) is 9.00. The third kappa shape index (κ3) is 5.85. The molecule has 1 saturated carbocycles. The minimum Gasteiger partial charge on any atom is -0.478 e. The number of amides is 2. The number of rotatable bonds is 8. The molecule has 2 atom stereocenters. The zero-order valence-corrected chi connectivity index (χ0v) is 18.7. The molecule has 2 aliphatic rings. The van der Waals surface area contributed by atoms with Crippen molar-refractivity contribution in [3.05, 3.63) is 35.4 Å². The molecule has 10 heteroatoms. The van der Waals surface area contributed by atoms with Crippen LogP contribution >= 0.6 is 0 Å². The molecule has 1 aliphatic heterocycles. The molecule has 0 bridgehead atoms. The number of aromatic carboxylic acids is 1. The number of hydrogen-bond acceptors (Lipinski definition) is 4. The van der Waals surface area contributed by atoms with Crippen molar-refractivity contribution in [2.24, 2.45) is 5.41 Å². The first-order chi connectivity index (χ1) is 15.4. The molecule has 3 rings (SSSR count). The van der Waals surface area contributed by atoms with Crippen LogP contribution in [0.15, 0.2) is 24.3 Å². The third-order valence-corrected chi connectivity index (χ3v) is 6.61. The van der Waals surface area contributed by atoms with Gasteiger partial charge in [0.05, 0.1) is 23.7 Å². The summed E-state index contributed by atoms with van der Waals surface area (Å²) in [4.78, 5) is 37.4. The number of halogens is 3. The van der Waals surface area contributed by atoms with Crippen molar-refractivity contribution in [1.82, 2.24) is 10.2 Å². The summed E-state index contributed by atoms with van der Waals surface area (Å²) in [5.74, 6) is -1.68. The van der Waals surface area contributed by atoms with Gasteiger partial charge in [-0.2, -0.15) is 13.2 Å². The van der Waals surface area contributed by atoms with Crippen molar-refractivity contribution in [3.63, 3.8) is 0 Å². The van der Waals surface area contributed by atoms with Gasteiger partial charge in [0.25, 0.3) is 0 Å². The van der Waals surface area contributed by atoms with Crippen molar-refractivity contribution in [2.75, 3.05) is 19.7 Å². The van der Waals surface area contributed by atoms with Gasteiger partial charge in [0.15, 0.2) is 0 Å². The van der Waals surface area contributed by atoms with E-state index in [4.69, 9.17) is 9.84 Å². The fourth-order valence-corrected chi connectivity index (χ4v) is 4.17. The zero-order valence-electron chi connectivity index (χ0n) is 18.7.